The Bertz CT molecular complexity index is 759. The van der Waals surface area contributed by atoms with E-state index in [0.717, 1.165) is 22.4 Å². The van der Waals surface area contributed by atoms with Crippen LogP contribution in [-0.2, 0) is 16.0 Å². The van der Waals surface area contributed by atoms with Crippen molar-refractivity contribution in [1.82, 2.24) is 5.32 Å². The number of amides is 1. The molecule has 0 aliphatic carbocycles. The quantitative estimate of drug-likeness (QED) is 0.680. The zero-order valence-electron chi connectivity index (χ0n) is 15.5. The monoisotopic (exact) mass is 354 g/mol. The molecule has 0 heterocycles. The van der Waals surface area contributed by atoms with Crippen LogP contribution in [0.25, 0.3) is 0 Å². The van der Waals surface area contributed by atoms with Gasteiger partial charge in [-0.25, -0.2) is 0 Å². The minimum absolute atomic E-state index is 0.138. The van der Waals surface area contributed by atoms with Gasteiger partial charge >= 0.3 is 5.97 Å². The number of carbonyl (C=O) groups is 2. The lowest BCUT2D eigenvalue weighted by atomic mass is 10.0. The van der Waals surface area contributed by atoms with Crippen LogP contribution in [0.1, 0.15) is 30.0 Å². The number of benzene rings is 2. The number of hydrogen-bond donors (Lipinski definition) is 3. The fraction of sp³-hybridized carbons (Fsp3) is 0.333. The normalized spacial score (nSPS) is 13.0. The highest BCUT2D eigenvalue weighted by Crippen LogP contribution is 2.16. The standard InChI is InChI=1S/C21H26N2O3/c1-14-9-10-18(15(2)11-14)23-20(24)12-16(3)22-19(21(25)26)13-17-7-5-4-6-8-17/h4-11,16,19,22H,12-13H2,1-3H3,(H,23,24)(H,25,26)/t16?,19-/m1/s1. The zero-order valence-corrected chi connectivity index (χ0v) is 15.5. The van der Waals surface area contributed by atoms with Crippen molar-refractivity contribution in [2.24, 2.45) is 0 Å². The van der Waals surface area contributed by atoms with E-state index < -0.39 is 12.0 Å². The molecule has 5 heteroatoms. The summed E-state index contributed by atoms with van der Waals surface area (Å²) in [6.45, 7) is 5.77. The number of carboxylic acids is 1. The molecule has 1 amide bonds. The van der Waals surface area contributed by atoms with Gasteiger partial charge in [0.1, 0.15) is 6.04 Å². The van der Waals surface area contributed by atoms with Gasteiger partial charge < -0.3 is 15.7 Å². The fourth-order valence-corrected chi connectivity index (χ4v) is 2.90. The summed E-state index contributed by atoms with van der Waals surface area (Å²) in [7, 11) is 0. The summed E-state index contributed by atoms with van der Waals surface area (Å²) in [5.41, 5.74) is 3.87. The van der Waals surface area contributed by atoms with Gasteiger partial charge in [-0.05, 0) is 44.4 Å². The first-order valence-corrected chi connectivity index (χ1v) is 8.75. The van der Waals surface area contributed by atoms with Crippen molar-refractivity contribution >= 4 is 17.6 Å². The molecule has 2 aromatic carbocycles. The van der Waals surface area contributed by atoms with Crippen molar-refractivity contribution in [3.05, 3.63) is 65.2 Å². The van der Waals surface area contributed by atoms with Gasteiger partial charge in [-0.2, -0.15) is 0 Å². The SMILES string of the molecule is Cc1ccc(NC(=O)CC(C)N[C@H](Cc2ccccc2)C(=O)O)c(C)c1. The van der Waals surface area contributed by atoms with Crippen LogP contribution in [0.2, 0.25) is 0 Å². The molecule has 0 aliphatic heterocycles. The third-order valence-electron chi connectivity index (χ3n) is 4.21. The second kappa shape index (κ2) is 9.15. The van der Waals surface area contributed by atoms with Gasteiger partial charge in [0, 0.05) is 18.2 Å². The Morgan fingerprint density at radius 1 is 1.08 bits per heavy atom. The Kier molecular flexibility index (Phi) is 6.92. The molecule has 2 atom stereocenters. The van der Waals surface area contributed by atoms with Crippen LogP contribution in [0.15, 0.2) is 48.5 Å². The molecule has 0 radical (unpaired) electrons. The summed E-state index contributed by atoms with van der Waals surface area (Å²) in [5.74, 6) is -1.06. The van der Waals surface area contributed by atoms with E-state index in [0.29, 0.717) is 6.42 Å². The number of hydrogen-bond acceptors (Lipinski definition) is 3. The average Bonchev–Trinajstić information content (AvgIpc) is 2.57. The van der Waals surface area contributed by atoms with E-state index in [9.17, 15) is 14.7 Å². The van der Waals surface area contributed by atoms with Gasteiger partial charge in [0.05, 0.1) is 0 Å². The first-order chi connectivity index (χ1) is 12.3. The largest absolute Gasteiger partial charge is 0.480 e. The Morgan fingerprint density at radius 2 is 1.77 bits per heavy atom. The van der Waals surface area contributed by atoms with Crippen LogP contribution < -0.4 is 10.6 Å². The zero-order chi connectivity index (χ0) is 19.1. The molecule has 0 saturated carbocycles. The van der Waals surface area contributed by atoms with Gasteiger partial charge in [-0.15, -0.1) is 0 Å². The van der Waals surface area contributed by atoms with Gasteiger partial charge in [-0.3, -0.25) is 9.59 Å². The van der Waals surface area contributed by atoms with Gasteiger partial charge in [-0.1, -0.05) is 48.0 Å². The third kappa shape index (κ3) is 6.01. The highest BCUT2D eigenvalue weighted by molar-refractivity contribution is 5.91. The molecular formula is C21H26N2O3. The van der Waals surface area contributed by atoms with Crippen LogP contribution in [0.3, 0.4) is 0 Å². The molecule has 138 valence electrons. The van der Waals surface area contributed by atoms with Crippen molar-refractivity contribution in [1.29, 1.82) is 0 Å². The van der Waals surface area contributed by atoms with Crippen LogP contribution in [0.4, 0.5) is 5.69 Å². The molecule has 2 rings (SSSR count). The Morgan fingerprint density at radius 3 is 2.38 bits per heavy atom. The molecule has 26 heavy (non-hydrogen) atoms. The summed E-state index contributed by atoms with van der Waals surface area (Å²) < 4.78 is 0. The van der Waals surface area contributed by atoms with Crippen molar-refractivity contribution < 1.29 is 14.7 Å². The number of aryl methyl sites for hydroxylation is 2. The fourth-order valence-electron chi connectivity index (χ4n) is 2.90. The maximum Gasteiger partial charge on any atom is 0.321 e. The number of anilines is 1. The van der Waals surface area contributed by atoms with Crippen molar-refractivity contribution in [2.45, 2.75) is 45.7 Å². The molecule has 0 aliphatic rings. The summed E-state index contributed by atoms with van der Waals surface area (Å²) >= 11 is 0. The van der Waals surface area contributed by atoms with Gasteiger partial charge in [0.15, 0.2) is 0 Å². The molecule has 0 aromatic heterocycles. The molecule has 3 N–H and O–H groups in total. The Labute approximate surface area is 154 Å². The van der Waals surface area contributed by atoms with E-state index in [1.54, 1.807) is 0 Å². The number of carbonyl (C=O) groups excluding carboxylic acids is 1. The summed E-state index contributed by atoms with van der Waals surface area (Å²) in [6.07, 6.45) is 0.574. The van der Waals surface area contributed by atoms with Crippen LogP contribution in [0, 0.1) is 13.8 Å². The predicted octanol–water partition coefficient (Wildman–Crippen LogP) is 3.31. The van der Waals surface area contributed by atoms with Crippen molar-refractivity contribution in [3.8, 4) is 0 Å². The maximum absolute atomic E-state index is 12.3. The molecule has 0 saturated heterocycles. The van der Waals surface area contributed by atoms with E-state index >= 15 is 0 Å². The van der Waals surface area contributed by atoms with E-state index in [-0.39, 0.29) is 18.4 Å². The molecule has 0 bridgehead atoms. The lowest BCUT2D eigenvalue weighted by Gasteiger charge is -2.20. The smallest absolute Gasteiger partial charge is 0.321 e. The first kappa shape index (κ1) is 19.7. The number of carboxylic acid groups (broad SMARTS) is 1. The van der Waals surface area contributed by atoms with Crippen LogP contribution in [-0.4, -0.2) is 29.1 Å². The van der Waals surface area contributed by atoms with Gasteiger partial charge in [0.25, 0.3) is 0 Å². The summed E-state index contributed by atoms with van der Waals surface area (Å²) in [4.78, 5) is 23.8. The lowest BCUT2D eigenvalue weighted by Crippen LogP contribution is -2.44. The Balaban J connectivity index is 1.91. The second-order valence-electron chi connectivity index (χ2n) is 6.72. The maximum atomic E-state index is 12.3. The minimum atomic E-state index is -0.921. The van der Waals surface area contributed by atoms with E-state index in [4.69, 9.17) is 0 Å². The highest BCUT2D eigenvalue weighted by atomic mass is 16.4. The first-order valence-electron chi connectivity index (χ1n) is 8.75. The molecule has 0 fully saturated rings. The van der Waals surface area contributed by atoms with Crippen molar-refractivity contribution in [2.75, 3.05) is 5.32 Å². The van der Waals surface area contributed by atoms with Crippen molar-refractivity contribution in [3.63, 3.8) is 0 Å². The second-order valence-corrected chi connectivity index (χ2v) is 6.72. The molecular weight excluding hydrogens is 328 g/mol. The molecule has 1 unspecified atom stereocenters. The third-order valence-corrected chi connectivity index (χ3v) is 4.21. The highest BCUT2D eigenvalue weighted by Gasteiger charge is 2.21. The average molecular weight is 354 g/mol. The number of aliphatic carboxylic acids is 1. The van der Waals surface area contributed by atoms with E-state index in [1.165, 1.54) is 0 Å². The summed E-state index contributed by atoms with van der Waals surface area (Å²) in [5, 5.41) is 15.4. The number of rotatable bonds is 8. The lowest BCUT2D eigenvalue weighted by molar-refractivity contribution is -0.139. The summed E-state index contributed by atoms with van der Waals surface area (Å²) in [6, 6.07) is 14.3. The minimum Gasteiger partial charge on any atom is -0.480 e. The van der Waals surface area contributed by atoms with Crippen LogP contribution >= 0.6 is 0 Å². The number of nitrogens with one attached hydrogen (secondary N) is 2. The van der Waals surface area contributed by atoms with Gasteiger partial charge in [0.2, 0.25) is 5.91 Å². The molecule has 0 spiro atoms. The molecule has 2 aromatic rings. The van der Waals surface area contributed by atoms with E-state index in [2.05, 4.69) is 10.6 Å². The van der Waals surface area contributed by atoms with E-state index in [1.807, 2.05) is 69.3 Å². The predicted molar refractivity (Wildman–Crippen MR) is 103 cm³/mol. The Hall–Kier alpha value is -2.66. The topological polar surface area (TPSA) is 78.4 Å². The van der Waals surface area contributed by atoms with Crippen LogP contribution in [0.5, 0.6) is 0 Å². The molecule has 5 nitrogen and oxygen atoms in total.